The summed E-state index contributed by atoms with van der Waals surface area (Å²) >= 11 is 0. The number of aryl methyl sites for hydroxylation is 1. The largest absolute Gasteiger partial charge is 0.488 e. The predicted octanol–water partition coefficient (Wildman–Crippen LogP) is 4.20. The van der Waals surface area contributed by atoms with Gasteiger partial charge in [0.15, 0.2) is 0 Å². The van der Waals surface area contributed by atoms with Crippen molar-refractivity contribution < 1.29 is 18.8 Å². The first kappa shape index (κ1) is 24.8. The second kappa shape index (κ2) is 10.7. The van der Waals surface area contributed by atoms with Gasteiger partial charge >= 0.3 is 5.97 Å². The van der Waals surface area contributed by atoms with Gasteiger partial charge in [-0.25, -0.2) is 9.67 Å². The van der Waals surface area contributed by atoms with E-state index in [4.69, 9.17) is 19.0 Å². The fourth-order valence-corrected chi connectivity index (χ4v) is 5.45. The number of ether oxygens (including phenoxy) is 2. The summed E-state index contributed by atoms with van der Waals surface area (Å²) < 4.78 is 18.6. The molecule has 0 bridgehead atoms. The van der Waals surface area contributed by atoms with Crippen molar-refractivity contribution in [3.8, 4) is 17.1 Å². The van der Waals surface area contributed by atoms with E-state index >= 15 is 0 Å². The molecule has 3 saturated carbocycles. The molecule has 0 spiro atoms. The lowest BCUT2D eigenvalue weighted by atomic mass is 9.83. The molecule has 3 aliphatic carbocycles. The predicted molar refractivity (Wildman–Crippen MR) is 137 cm³/mol. The lowest BCUT2D eigenvalue weighted by Gasteiger charge is -2.28. The van der Waals surface area contributed by atoms with Crippen molar-refractivity contribution in [2.75, 3.05) is 12.4 Å². The Morgan fingerprint density at radius 1 is 1.13 bits per heavy atom. The molecular weight excluding hydrogens is 486 g/mol. The van der Waals surface area contributed by atoms with Gasteiger partial charge in [-0.3, -0.25) is 4.79 Å². The zero-order valence-electron chi connectivity index (χ0n) is 22.1. The van der Waals surface area contributed by atoms with E-state index < -0.39 is 0 Å². The Bertz CT molecular complexity index is 1280. The number of hydrogen-bond donors (Lipinski definition) is 1. The summed E-state index contributed by atoms with van der Waals surface area (Å²) in [7, 11) is 3.32. The molecule has 0 amide bonds. The SMILES string of the molecule is COC(=O)C1CCCC(Oc2ccc(-c3nnn(C)c3CNc3noc(CC4CCC4)n3)nc2C2CC2)C1. The first-order valence-electron chi connectivity index (χ1n) is 13.8. The number of pyridine rings is 1. The average molecular weight is 522 g/mol. The van der Waals surface area contributed by atoms with Crippen molar-refractivity contribution in [3.63, 3.8) is 0 Å². The molecule has 1 N–H and O–H groups in total. The van der Waals surface area contributed by atoms with Crippen LogP contribution >= 0.6 is 0 Å². The van der Waals surface area contributed by atoms with E-state index in [0.29, 0.717) is 36.6 Å². The van der Waals surface area contributed by atoms with Crippen LogP contribution in [0.15, 0.2) is 16.7 Å². The molecule has 11 nitrogen and oxygen atoms in total. The summed E-state index contributed by atoms with van der Waals surface area (Å²) in [6.07, 6.45) is 10.2. The van der Waals surface area contributed by atoms with Crippen molar-refractivity contribution >= 4 is 11.9 Å². The molecule has 38 heavy (non-hydrogen) atoms. The van der Waals surface area contributed by atoms with Gasteiger partial charge in [0.1, 0.15) is 11.4 Å². The standard InChI is InChI=1S/C27H35N7O4/c1-34-21(15-28-27-30-23(38-32-27)13-16-5-3-6-16)25(31-33-34)20-11-12-22(24(29-20)17-9-10-17)37-19-8-4-7-18(14-19)26(35)36-2/h11-12,16-19H,3-10,13-15H2,1-2H3,(H,28,32). The lowest BCUT2D eigenvalue weighted by molar-refractivity contribution is -0.147. The second-order valence-electron chi connectivity index (χ2n) is 10.9. The second-order valence-corrected chi connectivity index (χ2v) is 10.9. The fraction of sp³-hybridized carbons (Fsp3) is 0.630. The number of carbonyl (C=O) groups excluding carboxylic acids is 1. The highest BCUT2D eigenvalue weighted by atomic mass is 16.5. The van der Waals surface area contributed by atoms with Crippen LogP contribution in [0, 0.1) is 11.8 Å². The molecule has 11 heteroatoms. The van der Waals surface area contributed by atoms with E-state index in [9.17, 15) is 4.79 Å². The number of aromatic nitrogens is 6. The van der Waals surface area contributed by atoms with E-state index in [1.807, 2.05) is 19.2 Å². The Hall–Kier alpha value is -3.50. The summed E-state index contributed by atoms with van der Waals surface area (Å²) in [5.74, 6) is 2.77. The van der Waals surface area contributed by atoms with Crippen LogP contribution in [0.3, 0.4) is 0 Å². The highest BCUT2D eigenvalue weighted by Gasteiger charge is 2.33. The van der Waals surface area contributed by atoms with Gasteiger partial charge in [0.05, 0.1) is 42.8 Å². The molecule has 6 rings (SSSR count). The molecule has 3 aliphatic rings. The van der Waals surface area contributed by atoms with Gasteiger partial charge in [0.2, 0.25) is 5.89 Å². The van der Waals surface area contributed by atoms with Crippen molar-refractivity contribution in [2.24, 2.45) is 18.9 Å². The zero-order valence-corrected chi connectivity index (χ0v) is 22.1. The van der Waals surface area contributed by atoms with Crippen LogP contribution in [0.2, 0.25) is 0 Å². The molecule has 2 unspecified atom stereocenters. The minimum absolute atomic E-state index is 0.0154. The minimum atomic E-state index is -0.145. The van der Waals surface area contributed by atoms with Crippen LogP contribution in [0.25, 0.3) is 11.4 Å². The maximum atomic E-state index is 12.1. The molecule has 0 aromatic carbocycles. The van der Waals surface area contributed by atoms with Gasteiger partial charge in [-0.1, -0.05) is 11.6 Å². The normalized spacial score (nSPS) is 21.6. The van der Waals surface area contributed by atoms with Crippen LogP contribution in [-0.4, -0.2) is 49.3 Å². The number of rotatable bonds is 10. The van der Waals surface area contributed by atoms with Gasteiger partial charge < -0.3 is 19.3 Å². The molecule has 202 valence electrons. The van der Waals surface area contributed by atoms with Gasteiger partial charge in [0, 0.05) is 19.4 Å². The molecule has 0 saturated heterocycles. The first-order chi connectivity index (χ1) is 18.6. The van der Waals surface area contributed by atoms with Crippen LogP contribution in [0.1, 0.15) is 81.0 Å². The third-order valence-corrected chi connectivity index (χ3v) is 8.06. The number of methoxy groups -OCH3 is 1. The number of nitrogens with zero attached hydrogens (tertiary/aromatic N) is 6. The van der Waals surface area contributed by atoms with E-state index in [2.05, 4.69) is 25.8 Å². The Morgan fingerprint density at radius 3 is 2.74 bits per heavy atom. The van der Waals surface area contributed by atoms with Crippen molar-refractivity contribution in [1.82, 2.24) is 30.1 Å². The maximum Gasteiger partial charge on any atom is 0.308 e. The molecule has 3 aromatic heterocycles. The molecule has 3 heterocycles. The summed E-state index contributed by atoms with van der Waals surface area (Å²) in [6, 6.07) is 3.94. The quantitative estimate of drug-likeness (QED) is 0.387. The Balaban J connectivity index is 1.16. The van der Waals surface area contributed by atoms with Gasteiger partial charge in [0.25, 0.3) is 5.95 Å². The molecule has 3 aromatic rings. The molecule has 0 aliphatic heterocycles. The first-order valence-corrected chi connectivity index (χ1v) is 13.8. The van der Waals surface area contributed by atoms with Gasteiger partial charge in [-0.15, -0.1) is 5.10 Å². The van der Waals surface area contributed by atoms with E-state index in [-0.39, 0.29) is 18.0 Å². The van der Waals surface area contributed by atoms with Crippen molar-refractivity contribution in [2.45, 2.75) is 82.8 Å². The average Bonchev–Trinajstić information content (AvgIpc) is 3.55. The van der Waals surface area contributed by atoms with Crippen LogP contribution < -0.4 is 10.1 Å². The summed E-state index contributed by atoms with van der Waals surface area (Å²) in [4.78, 5) is 21.6. The summed E-state index contributed by atoms with van der Waals surface area (Å²) in [5.41, 5.74) is 3.33. The third-order valence-electron chi connectivity index (χ3n) is 8.06. The number of anilines is 1. The number of hydrogen-bond acceptors (Lipinski definition) is 10. The Labute approximate surface area is 221 Å². The smallest absolute Gasteiger partial charge is 0.308 e. The fourth-order valence-electron chi connectivity index (χ4n) is 5.45. The molecule has 2 atom stereocenters. The number of nitrogens with one attached hydrogen (secondary N) is 1. The minimum Gasteiger partial charge on any atom is -0.488 e. The Morgan fingerprint density at radius 2 is 1.97 bits per heavy atom. The monoisotopic (exact) mass is 521 g/mol. The van der Waals surface area contributed by atoms with Gasteiger partial charge in [-0.2, -0.15) is 4.98 Å². The van der Waals surface area contributed by atoms with E-state index in [0.717, 1.165) is 67.1 Å². The van der Waals surface area contributed by atoms with Crippen LogP contribution in [-0.2, 0) is 29.5 Å². The number of esters is 1. The third kappa shape index (κ3) is 5.37. The highest BCUT2D eigenvalue weighted by molar-refractivity contribution is 5.72. The summed E-state index contributed by atoms with van der Waals surface area (Å²) in [5, 5.41) is 16.0. The van der Waals surface area contributed by atoms with Crippen LogP contribution in [0.4, 0.5) is 5.95 Å². The van der Waals surface area contributed by atoms with Gasteiger partial charge in [-0.05, 0) is 74.6 Å². The summed E-state index contributed by atoms with van der Waals surface area (Å²) in [6.45, 7) is 0.441. The Kier molecular flexibility index (Phi) is 6.99. The molecule has 0 radical (unpaired) electrons. The highest BCUT2D eigenvalue weighted by Crippen LogP contribution is 2.45. The van der Waals surface area contributed by atoms with E-state index in [1.54, 1.807) is 4.68 Å². The van der Waals surface area contributed by atoms with E-state index in [1.165, 1.54) is 26.4 Å². The van der Waals surface area contributed by atoms with Crippen molar-refractivity contribution in [1.29, 1.82) is 0 Å². The topological polar surface area (TPSA) is 130 Å². The number of carbonyl (C=O) groups is 1. The molecular formula is C27H35N7O4. The van der Waals surface area contributed by atoms with Crippen LogP contribution in [0.5, 0.6) is 5.75 Å². The lowest BCUT2D eigenvalue weighted by Crippen LogP contribution is -2.30. The molecule has 3 fully saturated rings. The van der Waals surface area contributed by atoms with Crippen molar-refractivity contribution in [3.05, 3.63) is 29.4 Å². The maximum absolute atomic E-state index is 12.1. The zero-order chi connectivity index (χ0) is 26.1.